The van der Waals surface area contributed by atoms with Gasteiger partial charge in [0.1, 0.15) is 11.5 Å². The molecular weight excluding hydrogens is 398 g/mol. The highest BCUT2D eigenvalue weighted by atomic mass is 15.2. The molecule has 0 atom stereocenters. The van der Waals surface area contributed by atoms with Crippen LogP contribution < -0.4 is 4.90 Å². The summed E-state index contributed by atoms with van der Waals surface area (Å²) in [6, 6.07) is 18.7. The highest BCUT2D eigenvalue weighted by molar-refractivity contribution is 5.86. The van der Waals surface area contributed by atoms with Crippen molar-refractivity contribution in [3.8, 4) is 22.9 Å². The number of imidazole rings is 2. The second-order valence-electron chi connectivity index (χ2n) is 8.56. The number of nitrogens with zero attached hydrogens (tertiary/aromatic N) is 5. The number of fused-ring (bicyclic) bond motifs is 2. The van der Waals surface area contributed by atoms with E-state index < -0.39 is 0 Å². The average molecular weight is 424 g/mol. The Bertz CT molecular complexity index is 1420. The molecule has 0 radical (unpaired) electrons. The van der Waals surface area contributed by atoms with Gasteiger partial charge in [-0.05, 0) is 62.5 Å². The van der Waals surface area contributed by atoms with Crippen LogP contribution in [0.2, 0.25) is 0 Å². The lowest BCUT2D eigenvalue weighted by Crippen LogP contribution is -2.44. The molecule has 0 spiro atoms. The summed E-state index contributed by atoms with van der Waals surface area (Å²) in [6.45, 7) is 6.28. The number of aromatic amines is 2. The van der Waals surface area contributed by atoms with Crippen molar-refractivity contribution < 1.29 is 0 Å². The number of rotatable bonds is 3. The monoisotopic (exact) mass is 423 g/mol. The predicted molar refractivity (Wildman–Crippen MR) is 129 cm³/mol. The molecule has 2 N–H and O–H groups in total. The van der Waals surface area contributed by atoms with E-state index >= 15 is 0 Å². The Kier molecular flexibility index (Phi) is 4.43. The summed E-state index contributed by atoms with van der Waals surface area (Å²) >= 11 is 0. The van der Waals surface area contributed by atoms with Crippen LogP contribution >= 0.6 is 0 Å². The molecule has 1 aliphatic heterocycles. The first-order valence-corrected chi connectivity index (χ1v) is 11.0. The van der Waals surface area contributed by atoms with Gasteiger partial charge in [-0.1, -0.05) is 6.07 Å². The van der Waals surface area contributed by atoms with Gasteiger partial charge in [-0.2, -0.15) is 0 Å². The molecular formula is C25H25N7. The standard InChI is InChI=1S/C25H25N7/c1-16-4-3-5-21(26-16)25-28-19-8-6-17(14-22(19)30-25)24-27-20-9-7-18(15-23(20)29-24)32-12-10-31(2)11-13-32/h3-9,14-15H,10-13H2,1-2H3,(H,27,29)(H,28,30). The minimum Gasteiger partial charge on any atom is -0.369 e. The van der Waals surface area contributed by atoms with Gasteiger partial charge in [0, 0.05) is 43.1 Å². The van der Waals surface area contributed by atoms with Crippen molar-refractivity contribution in [3.05, 3.63) is 60.3 Å². The van der Waals surface area contributed by atoms with Crippen LogP contribution in [0.4, 0.5) is 5.69 Å². The predicted octanol–water partition coefficient (Wildman–Crippen LogP) is 4.23. The zero-order chi connectivity index (χ0) is 21.7. The van der Waals surface area contributed by atoms with Crippen molar-refractivity contribution in [2.45, 2.75) is 6.92 Å². The molecule has 7 heteroatoms. The number of nitrogens with one attached hydrogen (secondary N) is 2. The lowest BCUT2D eigenvalue weighted by molar-refractivity contribution is 0.313. The second-order valence-corrected chi connectivity index (χ2v) is 8.56. The molecule has 0 bridgehead atoms. The molecule has 6 rings (SSSR count). The second kappa shape index (κ2) is 7.46. The number of hydrogen-bond donors (Lipinski definition) is 2. The minimum atomic E-state index is 0.780. The SMILES string of the molecule is Cc1cccc(-c2nc3ccc(-c4nc5ccc(N6CCN(C)CC6)cc5[nH]4)cc3[nH]2)n1. The molecule has 32 heavy (non-hydrogen) atoms. The molecule has 1 aliphatic rings. The van der Waals surface area contributed by atoms with E-state index in [0.29, 0.717) is 0 Å². The quantitative estimate of drug-likeness (QED) is 0.454. The summed E-state index contributed by atoms with van der Waals surface area (Å²) < 4.78 is 0. The van der Waals surface area contributed by atoms with Crippen molar-refractivity contribution in [2.24, 2.45) is 0 Å². The van der Waals surface area contributed by atoms with E-state index in [2.05, 4.69) is 62.1 Å². The maximum atomic E-state index is 4.84. The van der Waals surface area contributed by atoms with Gasteiger partial charge in [-0.15, -0.1) is 0 Å². The van der Waals surface area contributed by atoms with E-state index in [4.69, 9.17) is 9.97 Å². The third-order valence-corrected chi connectivity index (χ3v) is 6.22. The molecule has 1 fully saturated rings. The topological polar surface area (TPSA) is 76.7 Å². The fourth-order valence-electron chi connectivity index (χ4n) is 4.35. The Balaban J connectivity index is 1.33. The summed E-state index contributed by atoms with van der Waals surface area (Å²) in [5, 5.41) is 0. The largest absolute Gasteiger partial charge is 0.369 e. The maximum Gasteiger partial charge on any atom is 0.157 e. The Morgan fingerprint density at radius 2 is 1.47 bits per heavy atom. The van der Waals surface area contributed by atoms with Crippen LogP contribution in [0.5, 0.6) is 0 Å². The van der Waals surface area contributed by atoms with Gasteiger partial charge in [-0.3, -0.25) is 0 Å². The van der Waals surface area contributed by atoms with Crippen LogP contribution in [0.15, 0.2) is 54.6 Å². The fourth-order valence-corrected chi connectivity index (χ4v) is 4.35. The van der Waals surface area contributed by atoms with Crippen LogP contribution in [0.3, 0.4) is 0 Å². The van der Waals surface area contributed by atoms with E-state index in [1.165, 1.54) is 5.69 Å². The van der Waals surface area contributed by atoms with Gasteiger partial charge in [0.05, 0.1) is 22.1 Å². The molecule has 1 saturated heterocycles. The highest BCUT2D eigenvalue weighted by Crippen LogP contribution is 2.28. The smallest absolute Gasteiger partial charge is 0.157 e. The zero-order valence-corrected chi connectivity index (χ0v) is 18.3. The number of benzene rings is 2. The first-order valence-electron chi connectivity index (χ1n) is 11.0. The van der Waals surface area contributed by atoms with Crippen LogP contribution in [0, 0.1) is 6.92 Å². The minimum absolute atomic E-state index is 0.780. The van der Waals surface area contributed by atoms with E-state index in [9.17, 15) is 0 Å². The van der Waals surface area contributed by atoms with Gasteiger partial charge in [0.25, 0.3) is 0 Å². The Hall–Kier alpha value is -3.71. The van der Waals surface area contributed by atoms with Gasteiger partial charge in [0.2, 0.25) is 0 Å². The van der Waals surface area contributed by atoms with Crippen molar-refractivity contribution in [3.63, 3.8) is 0 Å². The van der Waals surface area contributed by atoms with Crippen molar-refractivity contribution in [1.29, 1.82) is 0 Å². The molecule has 0 aliphatic carbocycles. The van der Waals surface area contributed by atoms with Crippen LogP contribution in [0.1, 0.15) is 5.69 Å². The third-order valence-electron chi connectivity index (χ3n) is 6.22. The first kappa shape index (κ1) is 19.0. The van der Waals surface area contributed by atoms with Crippen molar-refractivity contribution >= 4 is 27.8 Å². The normalized spacial score (nSPS) is 15.1. The number of anilines is 1. The fraction of sp³-hybridized carbons (Fsp3) is 0.240. The van der Waals surface area contributed by atoms with E-state index in [1.807, 2.05) is 31.2 Å². The van der Waals surface area contributed by atoms with Gasteiger partial charge < -0.3 is 19.8 Å². The highest BCUT2D eigenvalue weighted by Gasteiger charge is 2.16. The van der Waals surface area contributed by atoms with Crippen LogP contribution in [-0.4, -0.2) is 63.0 Å². The van der Waals surface area contributed by atoms with E-state index in [1.54, 1.807) is 0 Å². The Morgan fingerprint density at radius 1 is 0.750 bits per heavy atom. The number of pyridine rings is 1. The van der Waals surface area contributed by atoms with Gasteiger partial charge >= 0.3 is 0 Å². The Morgan fingerprint density at radius 3 is 2.28 bits per heavy atom. The molecule has 0 saturated carbocycles. The molecule has 3 aromatic heterocycles. The number of likely N-dealkylation sites (N-methyl/N-ethyl adjacent to an activating group) is 1. The number of hydrogen-bond acceptors (Lipinski definition) is 5. The number of piperazine rings is 1. The van der Waals surface area contributed by atoms with Crippen molar-refractivity contribution in [2.75, 3.05) is 38.1 Å². The van der Waals surface area contributed by atoms with Crippen LogP contribution in [-0.2, 0) is 0 Å². The van der Waals surface area contributed by atoms with E-state index in [-0.39, 0.29) is 0 Å². The molecule has 0 unspecified atom stereocenters. The molecule has 0 amide bonds. The molecule has 2 aromatic carbocycles. The number of aryl methyl sites for hydroxylation is 1. The summed E-state index contributed by atoms with van der Waals surface area (Å²) in [4.78, 5) is 25.9. The first-order chi connectivity index (χ1) is 15.6. The average Bonchev–Trinajstić information content (AvgIpc) is 3.43. The molecule has 4 heterocycles. The molecule has 5 aromatic rings. The number of H-pyrrole nitrogens is 2. The summed E-state index contributed by atoms with van der Waals surface area (Å²) in [5.41, 5.74) is 8.03. The molecule has 7 nitrogen and oxygen atoms in total. The lowest BCUT2D eigenvalue weighted by Gasteiger charge is -2.34. The summed E-state index contributed by atoms with van der Waals surface area (Å²) in [7, 11) is 2.18. The maximum absolute atomic E-state index is 4.84. The summed E-state index contributed by atoms with van der Waals surface area (Å²) in [5.74, 6) is 1.64. The van der Waals surface area contributed by atoms with Crippen molar-refractivity contribution in [1.82, 2.24) is 29.8 Å². The third kappa shape index (κ3) is 3.40. The summed E-state index contributed by atoms with van der Waals surface area (Å²) in [6.07, 6.45) is 0. The number of aromatic nitrogens is 5. The van der Waals surface area contributed by atoms with Crippen LogP contribution in [0.25, 0.3) is 45.0 Å². The lowest BCUT2D eigenvalue weighted by atomic mass is 10.2. The molecule has 160 valence electrons. The van der Waals surface area contributed by atoms with E-state index in [0.717, 1.165) is 76.8 Å². The Labute approximate surface area is 186 Å². The zero-order valence-electron chi connectivity index (χ0n) is 18.3. The van der Waals surface area contributed by atoms with Gasteiger partial charge in [0.15, 0.2) is 5.82 Å². The van der Waals surface area contributed by atoms with Gasteiger partial charge in [-0.25, -0.2) is 15.0 Å².